The van der Waals surface area contributed by atoms with Crippen LogP contribution in [0.2, 0.25) is 5.02 Å². The molecule has 0 saturated carbocycles. The SMILES string of the molecule is O=S(=O)(NCc1ccc(-n2cccn2)nc1)c1ccc(Cl)cc1. The molecule has 0 amide bonds. The number of nitrogens with one attached hydrogen (secondary N) is 1. The van der Waals surface area contributed by atoms with Crippen molar-refractivity contribution in [3.8, 4) is 5.82 Å². The van der Waals surface area contributed by atoms with Gasteiger partial charge in [-0.25, -0.2) is 22.8 Å². The molecular weight excluding hydrogens is 336 g/mol. The Labute approximate surface area is 138 Å². The van der Waals surface area contributed by atoms with Crippen molar-refractivity contribution in [3.05, 3.63) is 71.6 Å². The van der Waals surface area contributed by atoms with E-state index in [1.54, 1.807) is 41.5 Å². The number of rotatable bonds is 5. The van der Waals surface area contributed by atoms with E-state index in [9.17, 15) is 8.42 Å². The van der Waals surface area contributed by atoms with Crippen molar-refractivity contribution in [2.24, 2.45) is 0 Å². The molecule has 0 atom stereocenters. The fraction of sp³-hybridized carbons (Fsp3) is 0.0667. The molecule has 0 saturated heterocycles. The minimum absolute atomic E-state index is 0.150. The maximum atomic E-state index is 12.2. The highest BCUT2D eigenvalue weighted by molar-refractivity contribution is 7.89. The zero-order chi connectivity index (χ0) is 16.3. The molecule has 0 aliphatic heterocycles. The highest BCUT2D eigenvalue weighted by Gasteiger charge is 2.13. The Balaban J connectivity index is 1.69. The van der Waals surface area contributed by atoms with E-state index >= 15 is 0 Å². The Morgan fingerprint density at radius 2 is 1.91 bits per heavy atom. The van der Waals surface area contributed by atoms with Crippen LogP contribution >= 0.6 is 11.6 Å². The Kier molecular flexibility index (Phi) is 4.42. The topological polar surface area (TPSA) is 76.9 Å². The van der Waals surface area contributed by atoms with Gasteiger partial charge in [-0.1, -0.05) is 17.7 Å². The normalized spacial score (nSPS) is 11.5. The van der Waals surface area contributed by atoms with Gasteiger partial charge in [0.2, 0.25) is 10.0 Å². The summed E-state index contributed by atoms with van der Waals surface area (Å²) in [6.45, 7) is 0.150. The molecule has 2 aromatic heterocycles. The number of hydrogen-bond donors (Lipinski definition) is 1. The first kappa shape index (κ1) is 15.7. The maximum absolute atomic E-state index is 12.2. The Morgan fingerprint density at radius 3 is 2.52 bits per heavy atom. The molecule has 0 aliphatic carbocycles. The van der Waals surface area contributed by atoms with Gasteiger partial charge in [0.25, 0.3) is 0 Å². The summed E-state index contributed by atoms with van der Waals surface area (Å²) in [5, 5.41) is 4.57. The van der Waals surface area contributed by atoms with Crippen LogP contribution in [-0.2, 0) is 16.6 Å². The summed E-state index contributed by atoms with van der Waals surface area (Å²) in [7, 11) is -3.58. The van der Waals surface area contributed by atoms with Crippen LogP contribution in [-0.4, -0.2) is 23.2 Å². The number of benzene rings is 1. The third-order valence-corrected chi connectivity index (χ3v) is 4.81. The van der Waals surface area contributed by atoms with Crippen LogP contribution in [0.1, 0.15) is 5.56 Å². The third-order valence-electron chi connectivity index (χ3n) is 3.14. The number of nitrogens with zero attached hydrogens (tertiary/aromatic N) is 3. The van der Waals surface area contributed by atoms with Gasteiger partial charge in [-0.05, 0) is 42.0 Å². The van der Waals surface area contributed by atoms with E-state index in [4.69, 9.17) is 11.6 Å². The molecule has 0 fully saturated rings. The van der Waals surface area contributed by atoms with Crippen LogP contribution < -0.4 is 4.72 Å². The molecule has 0 bridgehead atoms. The lowest BCUT2D eigenvalue weighted by Gasteiger charge is -2.07. The number of halogens is 1. The molecule has 3 aromatic rings. The molecule has 0 radical (unpaired) electrons. The van der Waals surface area contributed by atoms with Gasteiger partial charge in [-0.2, -0.15) is 5.10 Å². The van der Waals surface area contributed by atoms with Gasteiger partial charge in [0.05, 0.1) is 4.90 Å². The summed E-state index contributed by atoms with van der Waals surface area (Å²) in [6.07, 6.45) is 5.06. The van der Waals surface area contributed by atoms with Crippen LogP contribution in [0, 0.1) is 0 Å². The van der Waals surface area contributed by atoms with Gasteiger partial charge in [0.15, 0.2) is 5.82 Å². The molecule has 2 heterocycles. The summed E-state index contributed by atoms with van der Waals surface area (Å²) < 4.78 is 28.5. The molecule has 6 nitrogen and oxygen atoms in total. The van der Waals surface area contributed by atoms with E-state index in [1.165, 1.54) is 24.3 Å². The zero-order valence-corrected chi connectivity index (χ0v) is 13.5. The molecule has 0 aliphatic rings. The van der Waals surface area contributed by atoms with Gasteiger partial charge < -0.3 is 0 Å². The molecule has 1 N–H and O–H groups in total. The minimum atomic E-state index is -3.58. The van der Waals surface area contributed by atoms with E-state index in [0.717, 1.165) is 5.56 Å². The van der Waals surface area contributed by atoms with E-state index in [2.05, 4.69) is 14.8 Å². The van der Waals surface area contributed by atoms with Crippen LogP contribution in [0.3, 0.4) is 0 Å². The van der Waals surface area contributed by atoms with Crippen molar-refractivity contribution < 1.29 is 8.42 Å². The van der Waals surface area contributed by atoms with Crippen molar-refractivity contribution >= 4 is 21.6 Å². The lowest BCUT2D eigenvalue weighted by Crippen LogP contribution is -2.23. The number of pyridine rings is 1. The quantitative estimate of drug-likeness (QED) is 0.768. The lowest BCUT2D eigenvalue weighted by atomic mass is 10.3. The highest BCUT2D eigenvalue weighted by atomic mass is 35.5. The molecule has 118 valence electrons. The van der Waals surface area contributed by atoms with Gasteiger partial charge in [0.1, 0.15) is 0 Å². The van der Waals surface area contributed by atoms with Crippen molar-refractivity contribution in [1.82, 2.24) is 19.5 Å². The smallest absolute Gasteiger partial charge is 0.237 e. The minimum Gasteiger partial charge on any atom is -0.237 e. The van der Waals surface area contributed by atoms with E-state index < -0.39 is 10.0 Å². The van der Waals surface area contributed by atoms with Gasteiger partial charge in [-0.3, -0.25) is 0 Å². The third kappa shape index (κ3) is 3.76. The summed E-state index contributed by atoms with van der Waals surface area (Å²) in [4.78, 5) is 4.42. The van der Waals surface area contributed by atoms with Crippen LogP contribution in [0.4, 0.5) is 0 Å². The summed E-state index contributed by atoms with van der Waals surface area (Å²) in [5.41, 5.74) is 0.749. The fourth-order valence-corrected chi connectivity index (χ4v) is 3.08. The van der Waals surface area contributed by atoms with Crippen molar-refractivity contribution in [2.75, 3.05) is 0 Å². The molecule has 23 heavy (non-hydrogen) atoms. The average Bonchev–Trinajstić information content (AvgIpc) is 3.08. The summed E-state index contributed by atoms with van der Waals surface area (Å²) in [6, 6.07) is 11.4. The van der Waals surface area contributed by atoms with Crippen LogP contribution in [0.5, 0.6) is 0 Å². The number of hydrogen-bond acceptors (Lipinski definition) is 4. The number of sulfonamides is 1. The lowest BCUT2D eigenvalue weighted by molar-refractivity contribution is 0.581. The average molecular weight is 349 g/mol. The Bertz CT molecular complexity index is 876. The van der Waals surface area contributed by atoms with Gasteiger partial charge in [-0.15, -0.1) is 0 Å². The predicted molar refractivity (Wildman–Crippen MR) is 86.8 cm³/mol. The second-order valence-corrected chi connectivity index (χ2v) is 6.96. The molecule has 3 rings (SSSR count). The maximum Gasteiger partial charge on any atom is 0.240 e. The van der Waals surface area contributed by atoms with Crippen molar-refractivity contribution in [2.45, 2.75) is 11.4 Å². The first-order valence-electron chi connectivity index (χ1n) is 6.75. The summed E-state index contributed by atoms with van der Waals surface area (Å²) >= 11 is 5.76. The second-order valence-electron chi connectivity index (χ2n) is 4.75. The monoisotopic (exact) mass is 348 g/mol. The molecule has 8 heteroatoms. The fourth-order valence-electron chi connectivity index (χ4n) is 1.94. The van der Waals surface area contributed by atoms with Gasteiger partial charge in [0, 0.05) is 30.2 Å². The van der Waals surface area contributed by atoms with Crippen LogP contribution in [0.25, 0.3) is 5.82 Å². The molecule has 1 aromatic carbocycles. The zero-order valence-electron chi connectivity index (χ0n) is 11.9. The van der Waals surface area contributed by atoms with E-state index in [-0.39, 0.29) is 11.4 Å². The summed E-state index contributed by atoms with van der Waals surface area (Å²) in [5.74, 6) is 0.666. The van der Waals surface area contributed by atoms with Crippen molar-refractivity contribution in [3.63, 3.8) is 0 Å². The molecular formula is C15H13ClN4O2S. The van der Waals surface area contributed by atoms with Crippen molar-refractivity contribution in [1.29, 1.82) is 0 Å². The largest absolute Gasteiger partial charge is 0.240 e. The Hall–Kier alpha value is -2.22. The van der Waals surface area contributed by atoms with Gasteiger partial charge >= 0.3 is 0 Å². The van der Waals surface area contributed by atoms with E-state index in [1.807, 2.05) is 0 Å². The first-order chi connectivity index (χ1) is 11.0. The van der Waals surface area contributed by atoms with E-state index in [0.29, 0.717) is 10.8 Å². The standard InChI is InChI=1S/C15H13ClN4O2S/c16-13-3-5-14(6-4-13)23(21,22)19-11-12-2-7-15(17-10-12)20-9-1-8-18-20/h1-10,19H,11H2. The predicted octanol–water partition coefficient (Wildman–Crippen LogP) is 2.40. The van der Waals surface area contributed by atoms with Crippen LogP contribution in [0.15, 0.2) is 66.0 Å². The highest BCUT2D eigenvalue weighted by Crippen LogP contribution is 2.14. The number of aromatic nitrogens is 3. The first-order valence-corrected chi connectivity index (χ1v) is 8.61. The molecule has 0 unspecified atom stereocenters. The Morgan fingerprint density at radius 1 is 1.13 bits per heavy atom. The second kappa shape index (κ2) is 6.49. The molecule has 0 spiro atoms.